The number of rotatable bonds is 10. The van der Waals surface area contributed by atoms with Gasteiger partial charge in [0.15, 0.2) is 11.5 Å². The summed E-state index contributed by atoms with van der Waals surface area (Å²) in [6.07, 6.45) is -1.57. The predicted molar refractivity (Wildman–Crippen MR) is 145 cm³/mol. The Kier molecular flexibility index (Phi) is 8.80. The second kappa shape index (κ2) is 12.8. The molecule has 10 nitrogen and oxygen atoms in total. The molecular weight excluding hydrogens is 514 g/mol. The minimum atomic E-state index is -1.70. The van der Waals surface area contributed by atoms with Crippen LogP contribution in [0, 0.1) is 5.92 Å². The van der Waals surface area contributed by atoms with Crippen LogP contribution in [-0.4, -0.2) is 71.0 Å². The molecule has 0 aromatic heterocycles. The topological polar surface area (TPSA) is 121 Å². The third kappa shape index (κ3) is 6.71. The van der Waals surface area contributed by atoms with Gasteiger partial charge in [-0.1, -0.05) is 48.5 Å². The number of benzene rings is 3. The Bertz CT molecular complexity index is 1290. The number of ether oxygens (including phenoxy) is 3. The first-order valence-electron chi connectivity index (χ1n) is 13.3. The molecule has 2 atom stereocenters. The SMILES string of the molecule is O=C(NO)[C@@H](O)[C@@H](Cc1ccc(OCc2ccccc2)cc1)C(=O)N1CCN(Cc2ccc3c(c2)OCO3)CC1. The number of fused-ring (bicyclic) bond motifs is 1. The Balaban J connectivity index is 1.18. The van der Waals surface area contributed by atoms with Crippen molar-refractivity contribution in [2.24, 2.45) is 5.92 Å². The van der Waals surface area contributed by atoms with E-state index < -0.39 is 17.9 Å². The molecule has 0 spiro atoms. The number of carbonyl (C=O) groups excluding carboxylic acids is 2. The van der Waals surface area contributed by atoms with Gasteiger partial charge in [0.25, 0.3) is 5.91 Å². The fraction of sp³-hybridized carbons (Fsp3) is 0.333. The second-order valence-corrected chi connectivity index (χ2v) is 9.94. The molecule has 0 unspecified atom stereocenters. The lowest BCUT2D eigenvalue weighted by atomic mass is 9.91. The zero-order valence-corrected chi connectivity index (χ0v) is 22.1. The largest absolute Gasteiger partial charge is 0.489 e. The van der Waals surface area contributed by atoms with Gasteiger partial charge in [-0.3, -0.25) is 19.7 Å². The van der Waals surface area contributed by atoms with E-state index in [0.717, 1.165) is 28.2 Å². The van der Waals surface area contributed by atoms with Crippen LogP contribution in [-0.2, 0) is 29.2 Å². The van der Waals surface area contributed by atoms with Gasteiger partial charge >= 0.3 is 0 Å². The Morgan fingerprint density at radius 1 is 0.875 bits per heavy atom. The summed E-state index contributed by atoms with van der Waals surface area (Å²) in [7, 11) is 0. The lowest BCUT2D eigenvalue weighted by Gasteiger charge is -2.37. The number of hydrogen-bond acceptors (Lipinski definition) is 8. The molecule has 210 valence electrons. The first kappa shape index (κ1) is 27.4. The molecule has 1 saturated heterocycles. The van der Waals surface area contributed by atoms with Crippen LogP contribution in [0.5, 0.6) is 17.2 Å². The van der Waals surface area contributed by atoms with Crippen molar-refractivity contribution in [2.75, 3.05) is 33.0 Å². The molecule has 3 aromatic rings. The average Bonchev–Trinajstić information content (AvgIpc) is 3.47. The molecule has 2 amide bonds. The van der Waals surface area contributed by atoms with Gasteiger partial charge in [0.1, 0.15) is 18.5 Å². The lowest BCUT2D eigenvalue weighted by molar-refractivity contribution is -0.151. The summed E-state index contributed by atoms with van der Waals surface area (Å²) >= 11 is 0. The Morgan fingerprint density at radius 3 is 2.30 bits per heavy atom. The lowest BCUT2D eigenvalue weighted by Crippen LogP contribution is -2.53. The van der Waals surface area contributed by atoms with E-state index in [0.29, 0.717) is 45.1 Å². The molecule has 2 aliphatic heterocycles. The van der Waals surface area contributed by atoms with E-state index in [1.165, 1.54) is 5.48 Å². The highest BCUT2D eigenvalue weighted by atomic mass is 16.7. The van der Waals surface area contributed by atoms with E-state index in [-0.39, 0.29) is 19.1 Å². The van der Waals surface area contributed by atoms with Crippen molar-refractivity contribution in [3.63, 3.8) is 0 Å². The summed E-state index contributed by atoms with van der Waals surface area (Å²) in [6, 6.07) is 22.9. The van der Waals surface area contributed by atoms with E-state index >= 15 is 0 Å². The Hall–Kier alpha value is -4.12. The van der Waals surface area contributed by atoms with Gasteiger partial charge in [-0.05, 0) is 47.4 Å². The van der Waals surface area contributed by atoms with Crippen LogP contribution >= 0.6 is 0 Å². The molecule has 3 aromatic carbocycles. The van der Waals surface area contributed by atoms with Crippen molar-refractivity contribution < 1.29 is 34.1 Å². The van der Waals surface area contributed by atoms with Crippen LogP contribution < -0.4 is 19.7 Å². The van der Waals surface area contributed by atoms with Gasteiger partial charge in [0.05, 0.1) is 5.92 Å². The van der Waals surface area contributed by atoms with Crippen LogP contribution in [0.2, 0.25) is 0 Å². The van der Waals surface area contributed by atoms with E-state index in [1.54, 1.807) is 17.0 Å². The maximum atomic E-state index is 13.5. The molecular formula is C30H33N3O7. The van der Waals surface area contributed by atoms with Gasteiger partial charge in [0, 0.05) is 32.7 Å². The second-order valence-electron chi connectivity index (χ2n) is 9.94. The number of hydroxylamine groups is 1. The van der Waals surface area contributed by atoms with Gasteiger partial charge in [-0.2, -0.15) is 0 Å². The monoisotopic (exact) mass is 547 g/mol. The van der Waals surface area contributed by atoms with Gasteiger partial charge in [0.2, 0.25) is 12.7 Å². The van der Waals surface area contributed by atoms with E-state index in [2.05, 4.69) is 4.90 Å². The molecule has 40 heavy (non-hydrogen) atoms. The van der Waals surface area contributed by atoms with Gasteiger partial charge in [-0.25, -0.2) is 5.48 Å². The summed E-state index contributed by atoms with van der Waals surface area (Å²) in [6.45, 7) is 3.56. The number of nitrogens with one attached hydrogen (secondary N) is 1. The Labute approximate surface area is 232 Å². The van der Waals surface area contributed by atoms with Gasteiger partial charge < -0.3 is 24.2 Å². The predicted octanol–water partition coefficient (Wildman–Crippen LogP) is 2.36. The number of piperazine rings is 1. The molecule has 2 heterocycles. The van der Waals surface area contributed by atoms with Crippen molar-refractivity contribution in [1.82, 2.24) is 15.3 Å². The van der Waals surface area contributed by atoms with Crippen molar-refractivity contribution in [3.05, 3.63) is 89.5 Å². The zero-order chi connectivity index (χ0) is 27.9. The van der Waals surface area contributed by atoms with Crippen molar-refractivity contribution in [2.45, 2.75) is 25.7 Å². The first-order chi connectivity index (χ1) is 19.5. The number of aliphatic hydroxyl groups is 1. The highest BCUT2D eigenvalue weighted by Crippen LogP contribution is 2.33. The minimum absolute atomic E-state index is 0.129. The van der Waals surface area contributed by atoms with Crippen LogP contribution in [0.15, 0.2) is 72.8 Å². The maximum Gasteiger partial charge on any atom is 0.272 e. The first-order valence-corrected chi connectivity index (χ1v) is 13.3. The maximum absolute atomic E-state index is 13.5. The quantitative estimate of drug-likeness (QED) is 0.261. The fourth-order valence-electron chi connectivity index (χ4n) is 4.96. The normalized spacial score (nSPS) is 16.3. The van der Waals surface area contributed by atoms with Crippen LogP contribution in [0.25, 0.3) is 0 Å². The molecule has 10 heteroatoms. The number of amides is 2. The Morgan fingerprint density at radius 2 is 1.57 bits per heavy atom. The van der Waals surface area contributed by atoms with Gasteiger partial charge in [-0.15, -0.1) is 0 Å². The van der Waals surface area contributed by atoms with E-state index in [9.17, 15) is 14.7 Å². The van der Waals surface area contributed by atoms with Crippen molar-refractivity contribution >= 4 is 11.8 Å². The number of nitrogens with zero attached hydrogens (tertiary/aromatic N) is 2. The third-order valence-electron chi connectivity index (χ3n) is 7.23. The zero-order valence-electron chi connectivity index (χ0n) is 22.1. The fourth-order valence-corrected chi connectivity index (χ4v) is 4.96. The summed E-state index contributed by atoms with van der Waals surface area (Å²) in [5.74, 6) is -0.247. The number of hydrogen-bond donors (Lipinski definition) is 3. The van der Waals surface area contributed by atoms with E-state index in [4.69, 9.17) is 19.4 Å². The van der Waals surface area contributed by atoms with Crippen LogP contribution in [0.4, 0.5) is 0 Å². The van der Waals surface area contributed by atoms with Crippen molar-refractivity contribution in [1.29, 1.82) is 0 Å². The van der Waals surface area contributed by atoms with Crippen LogP contribution in [0.1, 0.15) is 16.7 Å². The summed E-state index contributed by atoms with van der Waals surface area (Å²) in [5.41, 5.74) is 4.37. The molecule has 0 bridgehead atoms. The highest BCUT2D eigenvalue weighted by Gasteiger charge is 2.36. The number of aliphatic hydroxyl groups excluding tert-OH is 1. The smallest absolute Gasteiger partial charge is 0.272 e. The molecule has 3 N–H and O–H groups in total. The van der Waals surface area contributed by atoms with Crippen LogP contribution in [0.3, 0.4) is 0 Å². The third-order valence-corrected chi connectivity index (χ3v) is 7.23. The number of carbonyl (C=O) groups is 2. The summed E-state index contributed by atoms with van der Waals surface area (Å²) in [4.78, 5) is 29.5. The molecule has 0 radical (unpaired) electrons. The summed E-state index contributed by atoms with van der Waals surface area (Å²) in [5, 5.41) is 19.8. The standard InChI is InChI=1S/C30H33N3O7/c34-28(29(35)31-37)25(16-21-6-9-24(10-7-21)38-19-22-4-2-1-3-5-22)30(36)33-14-12-32(13-15-33)18-23-8-11-26-27(17-23)40-20-39-26/h1-11,17,25,28,34,37H,12-16,18-20H2,(H,31,35)/t25-,28+/m1/s1. The molecule has 1 fully saturated rings. The average molecular weight is 548 g/mol. The summed E-state index contributed by atoms with van der Waals surface area (Å²) < 4.78 is 16.7. The molecule has 0 saturated carbocycles. The minimum Gasteiger partial charge on any atom is -0.489 e. The molecule has 0 aliphatic carbocycles. The van der Waals surface area contributed by atoms with E-state index in [1.807, 2.05) is 60.7 Å². The highest BCUT2D eigenvalue weighted by molar-refractivity contribution is 5.89. The molecule has 5 rings (SSSR count). The molecule has 2 aliphatic rings. The van der Waals surface area contributed by atoms with Crippen molar-refractivity contribution in [3.8, 4) is 17.2 Å².